The fourth-order valence-electron chi connectivity index (χ4n) is 1.49. The maximum atomic E-state index is 11.4. The van der Waals surface area contributed by atoms with E-state index in [0.29, 0.717) is 19.2 Å². The topological polar surface area (TPSA) is 47.6 Å². The summed E-state index contributed by atoms with van der Waals surface area (Å²) in [6, 6.07) is 8.04. The Morgan fingerprint density at radius 3 is 3.00 bits per heavy atom. The Balaban J connectivity index is 1.73. The molecule has 2 rings (SSSR count). The summed E-state index contributed by atoms with van der Waals surface area (Å²) in [6.45, 7) is 0.594. The Hall–Kier alpha value is -1.55. The molecule has 0 aromatic heterocycles. The van der Waals surface area contributed by atoms with Crippen molar-refractivity contribution in [3.63, 3.8) is 0 Å². The molecule has 1 aliphatic rings. The van der Waals surface area contributed by atoms with Crippen LogP contribution in [0.5, 0.6) is 5.75 Å². The first-order valence-corrected chi connectivity index (χ1v) is 5.80. The molecule has 1 fully saturated rings. The Labute approximate surface area is 101 Å². The smallest absolute Gasteiger partial charge is 0.320 e. The molecule has 0 radical (unpaired) electrons. The van der Waals surface area contributed by atoms with Crippen molar-refractivity contribution in [2.24, 2.45) is 0 Å². The Bertz CT molecular complexity index is 388. The van der Waals surface area contributed by atoms with Gasteiger partial charge in [-0.25, -0.2) is 0 Å². The summed E-state index contributed by atoms with van der Waals surface area (Å²) >= 11 is 0. The van der Waals surface area contributed by atoms with Crippen LogP contribution in [0.1, 0.15) is 18.4 Å². The molecule has 1 N–H and O–H groups in total. The lowest BCUT2D eigenvalue weighted by Crippen LogP contribution is -2.26. The molecule has 0 amide bonds. The van der Waals surface area contributed by atoms with E-state index in [2.05, 4.69) is 5.32 Å². The van der Waals surface area contributed by atoms with Crippen LogP contribution in [0.3, 0.4) is 0 Å². The van der Waals surface area contributed by atoms with Crippen LogP contribution in [0.15, 0.2) is 24.3 Å². The summed E-state index contributed by atoms with van der Waals surface area (Å²) in [5.41, 5.74) is 0.934. The highest BCUT2D eigenvalue weighted by Gasteiger charge is 2.21. The molecule has 4 nitrogen and oxygen atoms in total. The molecule has 1 aliphatic carbocycles. The van der Waals surface area contributed by atoms with Crippen molar-refractivity contribution >= 4 is 5.97 Å². The van der Waals surface area contributed by atoms with Crippen molar-refractivity contribution in [1.82, 2.24) is 5.32 Å². The van der Waals surface area contributed by atoms with Gasteiger partial charge in [0.1, 0.15) is 12.4 Å². The van der Waals surface area contributed by atoms with E-state index >= 15 is 0 Å². The number of nitrogens with one attached hydrogen (secondary N) is 1. The zero-order valence-electron chi connectivity index (χ0n) is 9.94. The normalized spacial score (nSPS) is 14.4. The monoisotopic (exact) mass is 235 g/mol. The third-order valence-corrected chi connectivity index (χ3v) is 2.65. The lowest BCUT2D eigenvalue weighted by molar-refractivity contribution is -0.143. The minimum absolute atomic E-state index is 0.209. The van der Waals surface area contributed by atoms with E-state index in [1.54, 1.807) is 7.11 Å². The quantitative estimate of drug-likeness (QED) is 0.759. The van der Waals surface area contributed by atoms with Crippen LogP contribution in [-0.4, -0.2) is 25.7 Å². The van der Waals surface area contributed by atoms with Gasteiger partial charge >= 0.3 is 5.97 Å². The number of methoxy groups -OCH3 is 1. The Morgan fingerprint density at radius 1 is 1.47 bits per heavy atom. The van der Waals surface area contributed by atoms with Gasteiger partial charge in [-0.3, -0.25) is 4.79 Å². The zero-order chi connectivity index (χ0) is 12.1. The fraction of sp³-hybridized carbons (Fsp3) is 0.462. The van der Waals surface area contributed by atoms with Crippen LogP contribution in [0.4, 0.5) is 0 Å². The second-order valence-electron chi connectivity index (χ2n) is 4.17. The van der Waals surface area contributed by atoms with Crippen molar-refractivity contribution in [3.8, 4) is 5.75 Å². The lowest BCUT2D eigenvalue weighted by atomic mass is 10.2. The van der Waals surface area contributed by atoms with Crippen molar-refractivity contribution in [3.05, 3.63) is 29.8 Å². The highest BCUT2D eigenvalue weighted by Crippen LogP contribution is 2.18. The standard InChI is InChI=1S/C13H17NO3/c1-16-12-4-2-3-10(7-12)9-17-13(15)8-14-11-5-6-11/h2-4,7,11,14H,5-6,8-9H2,1H3. The highest BCUT2D eigenvalue weighted by atomic mass is 16.5. The van der Waals surface area contributed by atoms with E-state index in [9.17, 15) is 4.79 Å². The molecule has 0 aliphatic heterocycles. The number of carbonyl (C=O) groups is 1. The van der Waals surface area contributed by atoms with E-state index in [0.717, 1.165) is 11.3 Å². The zero-order valence-corrected chi connectivity index (χ0v) is 9.94. The Kier molecular flexibility index (Phi) is 3.98. The summed E-state index contributed by atoms with van der Waals surface area (Å²) in [5.74, 6) is 0.564. The highest BCUT2D eigenvalue weighted by molar-refractivity contribution is 5.71. The van der Waals surface area contributed by atoms with Gasteiger partial charge in [-0.05, 0) is 30.5 Å². The number of hydrogen-bond acceptors (Lipinski definition) is 4. The van der Waals surface area contributed by atoms with Gasteiger partial charge in [-0.2, -0.15) is 0 Å². The molecule has 1 aromatic rings. The van der Waals surface area contributed by atoms with Crippen molar-refractivity contribution in [2.75, 3.05) is 13.7 Å². The van der Waals surface area contributed by atoms with E-state index in [1.807, 2.05) is 24.3 Å². The summed E-state index contributed by atoms with van der Waals surface area (Å²) in [6.07, 6.45) is 2.34. The first kappa shape index (κ1) is 11.9. The first-order chi connectivity index (χ1) is 8.28. The Morgan fingerprint density at radius 2 is 2.29 bits per heavy atom. The van der Waals surface area contributed by atoms with E-state index < -0.39 is 0 Å². The number of benzene rings is 1. The average Bonchev–Trinajstić information content (AvgIpc) is 3.18. The molecule has 0 unspecified atom stereocenters. The SMILES string of the molecule is COc1cccc(COC(=O)CNC2CC2)c1. The molecule has 1 aromatic carbocycles. The molecule has 17 heavy (non-hydrogen) atoms. The minimum Gasteiger partial charge on any atom is -0.497 e. The molecule has 0 atom stereocenters. The van der Waals surface area contributed by atoms with Crippen LogP contribution in [-0.2, 0) is 16.1 Å². The van der Waals surface area contributed by atoms with Crippen LogP contribution < -0.4 is 10.1 Å². The summed E-state index contributed by atoms with van der Waals surface area (Å²) in [7, 11) is 1.62. The molecular formula is C13H17NO3. The van der Waals surface area contributed by atoms with Crippen molar-refractivity contribution in [2.45, 2.75) is 25.5 Å². The molecule has 0 bridgehead atoms. The van der Waals surface area contributed by atoms with Gasteiger partial charge in [0.2, 0.25) is 0 Å². The van der Waals surface area contributed by atoms with Gasteiger partial charge < -0.3 is 14.8 Å². The largest absolute Gasteiger partial charge is 0.497 e. The maximum Gasteiger partial charge on any atom is 0.320 e. The summed E-state index contributed by atoms with van der Waals surface area (Å²) in [5, 5.41) is 3.12. The maximum absolute atomic E-state index is 11.4. The van der Waals surface area contributed by atoms with Gasteiger partial charge in [0.25, 0.3) is 0 Å². The summed E-state index contributed by atoms with van der Waals surface area (Å²) in [4.78, 5) is 11.4. The average molecular weight is 235 g/mol. The van der Waals surface area contributed by atoms with E-state index in [-0.39, 0.29) is 5.97 Å². The van der Waals surface area contributed by atoms with Crippen LogP contribution >= 0.6 is 0 Å². The number of ether oxygens (including phenoxy) is 2. The van der Waals surface area contributed by atoms with Gasteiger partial charge in [0.05, 0.1) is 13.7 Å². The van der Waals surface area contributed by atoms with E-state index in [4.69, 9.17) is 9.47 Å². The number of rotatable bonds is 6. The van der Waals surface area contributed by atoms with Crippen molar-refractivity contribution in [1.29, 1.82) is 0 Å². The molecule has 0 saturated heterocycles. The van der Waals surface area contributed by atoms with Gasteiger partial charge in [0, 0.05) is 6.04 Å². The lowest BCUT2D eigenvalue weighted by Gasteiger charge is -2.07. The van der Waals surface area contributed by atoms with Crippen LogP contribution in [0.25, 0.3) is 0 Å². The second-order valence-corrected chi connectivity index (χ2v) is 4.17. The number of carbonyl (C=O) groups excluding carboxylic acids is 1. The van der Waals surface area contributed by atoms with Crippen molar-refractivity contribution < 1.29 is 14.3 Å². The molecule has 0 spiro atoms. The predicted octanol–water partition coefficient (Wildman–Crippen LogP) is 1.49. The predicted molar refractivity (Wildman–Crippen MR) is 63.8 cm³/mol. The molecule has 0 heterocycles. The van der Waals surface area contributed by atoms with Crippen LogP contribution in [0.2, 0.25) is 0 Å². The minimum atomic E-state index is -0.209. The second kappa shape index (κ2) is 5.68. The number of esters is 1. The number of hydrogen-bond donors (Lipinski definition) is 1. The third-order valence-electron chi connectivity index (χ3n) is 2.65. The van der Waals surface area contributed by atoms with Crippen LogP contribution in [0, 0.1) is 0 Å². The van der Waals surface area contributed by atoms with Gasteiger partial charge in [0.15, 0.2) is 0 Å². The fourth-order valence-corrected chi connectivity index (χ4v) is 1.49. The summed E-state index contributed by atoms with van der Waals surface area (Å²) < 4.78 is 10.2. The third kappa shape index (κ3) is 4.07. The van der Waals surface area contributed by atoms with Gasteiger partial charge in [-0.1, -0.05) is 12.1 Å². The molecular weight excluding hydrogens is 218 g/mol. The molecule has 4 heteroatoms. The molecule has 1 saturated carbocycles. The van der Waals surface area contributed by atoms with E-state index in [1.165, 1.54) is 12.8 Å². The van der Waals surface area contributed by atoms with Gasteiger partial charge in [-0.15, -0.1) is 0 Å². The molecule has 92 valence electrons. The first-order valence-electron chi connectivity index (χ1n) is 5.80.